The number of benzene rings is 1. The van der Waals surface area contributed by atoms with Gasteiger partial charge in [0.05, 0.1) is 18.7 Å². The van der Waals surface area contributed by atoms with Crippen molar-refractivity contribution >= 4 is 29.0 Å². The summed E-state index contributed by atoms with van der Waals surface area (Å²) in [6.45, 7) is 5.00. The molecule has 0 unspecified atom stereocenters. The summed E-state index contributed by atoms with van der Waals surface area (Å²) in [7, 11) is 3.58. The Morgan fingerprint density at radius 3 is 2.29 bits per heavy atom. The van der Waals surface area contributed by atoms with E-state index >= 15 is 0 Å². The first-order valence-corrected chi connectivity index (χ1v) is 9.33. The first-order valence-electron chi connectivity index (χ1n) is 9.33. The Balaban J connectivity index is 1.96. The minimum atomic E-state index is -0.303. The molecule has 3 rings (SSSR count). The third kappa shape index (κ3) is 4.07. The van der Waals surface area contributed by atoms with Crippen LogP contribution in [0.4, 0.5) is 5.69 Å². The van der Waals surface area contributed by atoms with Crippen LogP contribution in [0.3, 0.4) is 0 Å². The van der Waals surface area contributed by atoms with Crippen LogP contribution in [0.5, 0.6) is 0 Å². The molecule has 0 spiro atoms. The number of hydrogen-bond donors (Lipinski definition) is 1. The van der Waals surface area contributed by atoms with Crippen molar-refractivity contribution in [2.75, 3.05) is 58.8 Å². The molecular formula is C20H26N4O4. The predicted octanol–water partition coefficient (Wildman–Crippen LogP) is 0.619. The normalized spacial score (nSPS) is 18.2. The number of nitrogens with one attached hydrogen (secondary N) is 1. The molecule has 3 amide bonds. The molecule has 0 saturated carbocycles. The molecule has 0 aromatic heterocycles. The van der Waals surface area contributed by atoms with E-state index in [9.17, 15) is 14.4 Å². The molecule has 1 aromatic carbocycles. The summed E-state index contributed by atoms with van der Waals surface area (Å²) >= 11 is 0. The molecule has 1 saturated heterocycles. The highest BCUT2D eigenvalue weighted by Gasteiger charge is 2.41. The van der Waals surface area contributed by atoms with Crippen LogP contribution in [0, 0.1) is 0 Å². The second-order valence-corrected chi connectivity index (χ2v) is 7.03. The molecule has 150 valence electrons. The van der Waals surface area contributed by atoms with Crippen molar-refractivity contribution in [2.45, 2.75) is 6.92 Å². The van der Waals surface area contributed by atoms with Crippen LogP contribution < -0.4 is 5.32 Å². The zero-order chi connectivity index (χ0) is 20.3. The van der Waals surface area contributed by atoms with E-state index in [1.807, 2.05) is 11.9 Å². The Morgan fingerprint density at radius 1 is 1.07 bits per heavy atom. The molecule has 0 atom stereocenters. The first kappa shape index (κ1) is 20.0. The monoisotopic (exact) mass is 386 g/mol. The highest BCUT2D eigenvalue weighted by atomic mass is 16.5. The van der Waals surface area contributed by atoms with Gasteiger partial charge in [-0.1, -0.05) is 12.1 Å². The SMILES string of the molecule is COCCN1C(=O)C(c2ccc(NC(C)=O)cc2)=C(N2CCN(C)CC2)C1=O. The molecule has 0 bridgehead atoms. The van der Waals surface area contributed by atoms with Crippen LogP contribution in [0.15, 0.2) is 30.0 Å². The molecule has 8 nitrogen and oxygen atoms in total. The number of anilines is 1. The molecule has 1 aromatic rings. The van der Waals surface area contributed by atoms with Gasteiger partial charge in [-0.05, 0) is 24.7 Å². The maximum Gasteiger partial charge on any atom is 0.277 e. The summed E-state index contributed by atoms with van der Waals surface area (Å²) in [6.07, 6.45) is 0. The van der Waals surface area contributed by atoms with Crippen LogP contribution in [0.25, 0.3) is 5.57 Å². The number of hydrogen-bond acceptors (Lipinski definition) is 6. The molecule has 28 heavy (non-hydrogen) atoms. The lowest BCUT2D eigenvalue weighted by Gasteiger charge is -2.34. The van der Waals surface area contributed by atoms with E-state index in [0.29, 0.717) is 42.2 Å². The van der Waals surface area contributed by atoms with Gasteiger partial charge in [-0.15, -0.1) is 0 Å². The van der Waals surface area contributed by atoms with Gasteiger partial charge in [-0.3, -0.25) is 19.3 Å². The summed E-state index contributed by atoms with van der Waals surface area (Å²) in [5, 5.41) is 2.71. The topological polar surface area (TPSA) is 82.2 Å². The van der Waals surface area contributed by atoms with Crippen molar-refractivity contribution in [2.24, 2.45) is 0 Å². The van der Waals surface area contributed by atoms with Crippen LogP contribution in [0.1, 0.15) is 12.5 Å². The highest BCUT2D eigenvalue weighted by molar-refractivity contribution is 6.35. The summed E-state index contributed by atoms with van der Waals surface area (Å²) in [6, 6.07) is 7.01. The maximum atomic E-state index is 13.1. The van der Waals surface area contributed by atoms with Crippen molar-refractivity contribution in [1.82, 2.24) is 14.7 Å². The third-order valence-corrected chi connectivity index (χ3v) is 4.98. The number of carbonyl (C=O) groups excluding carboxylic acids is 3. The van der Waals surface area contributed by atoms with E-state index in [1.165, 1.54) is 11.8 Å². The van der Waals surface area contributed by atoms with Gasteiger partial charge >= 0.3 is 0 Å². The predicted molar refractivity (Wildman–Crippen MR) is 105 cm³/mol. The van der Waals surface area contributed by atoms with E-state index in [4.69, 9.17) is 4.74 Å². The zero-order valence-electron chi connectivity index (χ0n) is 16.5. The van der Waals surface area contributed by atoms with Gasteiger partial charge in [0.1, 0.15) is 5.70 Å². The summed E-state index contributed by atoms with van der Waals surface area (Å²) in [5.74, 6) is -0.737. The van der Waals surface area contributed by atoms with E-state index < -0.39 is 0 Å². The van der Waals surface area contributed by atoms with E-state index in [2.05, 4.69) is 10.2 Å². The van der Waals surface area contributed by atoms with Crippen LogP contribution >= 0.6 is 0 Å². The average molecular weight is 386 g/mol. The molecule has 0 aliphatic carbocycles. The third-order valence-electron chi connectivity index (χ3n) is 4.98. The number of ether oxygens (including phenoxy) is 1. The van der Waals surface area contributed by atoms with Gasteiger partial charge in [0.25, 0.3) is 11.8 Å². The van der Waals surface area contributed by atoms with Gasteiger partial charge in [-0.25, -0.2) is 0 Å². The first-order chi connectivity index (χ1) is 13.4. The number of carbonyl (C=O) groups is 3. The number of rotatable bonds is 6. The number of methoxy groups -OCH3 is 1. The van der Waals surface area contributed by atoms with Crippen molar-refractivity contribution in [3.63, 3.8) is 0 Å². The Hall–Kier alpha value is -2.71. The minimum Gasteiger partial charge on any atom is -0.383 e. The van der Waals surface area contributed by atoms with Crippen LogP contribution in [-0.4, -0.2) is 85.9 Å². The van der Waals surface area contributed by atoms with Crippen molar-refractivity contribution in [3.05, 3.63) is 35.5 Å². The number of imide groups is 1. The lowest BCUT2D eigenvalue weighted by Crippen LogP contribution is -2.46. The molecule has 8 heteroatoms. The van der Waals surface area contributed by atoms with Crippen molar-refractivity contribution < 1.29 is 19.1 Å². The molecule has 2 heterocycles. The molecule has 2 aliphatic heterocycles. The van der Waals surface area contributed by atoms with Gasteiger partial charge in [0.2, 0.25) is 5.91 Å². The van der Waals surface area contributed by atoms with Gasteiger partial charge in [0.15, 0.2) is 0 Å². The number of piperazine rings is 1. The summed E-state index contributed by atoms with van der Waals surface area (Å²) in [5.41, 5.74) is 2.19. The molecular weight excluding hydrogens is 360 g/mol. The van der Waals surface area contributed by atoms with Gasteiger partial charge in [-0.2, -0.15) is 0 Å². The lowest BCUT2D eigenvalue weighted by molar-refractivity contribution is -0.138. The number of nitrogens with zero attached hydrogens (tertiary/aromatic N) is 3. The highest BCUT2D eigenvalue weighted by Crippen LogP contribution is 2.32. The van der Waals surface area contributed by atoms with E-state index in [0.717, 1.165) is 13.1 Å². The second kappa shape index (κ2) is 8.53. The van der Waals surface area contributed by atoms with Crippen LogP contribution in [-0.2, 0) is 19.1 Å². The smallest absolute Gasteiger partial charge is 0.277 e. The zero-order valence-corrected chi connectivity index (χ0v) is 16.5. The van der Waals surface area contributed by atoms with Gasteiger partial charge < -0.3 is 19.9 Å². The largest absolute Gasteiger partial charge is 0.383 e. The lowest BCUT2D eigenvalue weighted by atomic mass is 10.0. The fourth-order valence-corrected chi connectivity index (χ4v) is 3.46. The average Bonchev–Trinajstić information content (AvgIpc) is 2.91. The van der Waals surface area contributed by atoms with E-state index in [-0.39, 0.29) is 24.3 Å². The Kier molecular flexibility index (Phi) is 6.11. The van der Waals surface area contributed by atoms with E-state index in [1.54, 1.807) is 31.4 Å². The van der Waals surface area contributed by atoms with Crippen LogP contribution in [0.2, 0.25) is 0 Å². The Morgan fingerprint density at radius 2 is 1.71 bits per heavy atom. The molecule has 1 fully saturated rings. The maximum absolute atomic E-state index is 13.1. The van der Waals surface area contributed by atoms with Gasteiger partial charge in [0, 0.05) is 45.9 Å². The molecule has 0 radical (unpaired) electrons. The number of amides is 3. The fourth-order valence-electron chi connectivity index (χ4n) is 3.46. The van der Waals surface area contributed by atoms with Crippen molar-refractivity contribution in [3.8, 4) is 0 Å². The molecule has 1 N–H and O–H groups in total. The molecule has 2 aliphatic rings. The quantitative estimate of drug-likeness (QED) is 0.722. The Bertz CT molecular complexity index is 795. The van der Waals surface area contributed by atoms with Crippen molar-refractivity contribution in [1.29, 1.82) is 0 Å². The Labute approximate surface area is 164 Å². The summed E-state index contributed by atoms with van der Waals surface area (Å²) < 4.78 is 5.06. The minimum absolute atomic E-state index is 0.164. The standard InChI is InChI=1S/C20H26N4O4/c1-14(25)21-16-6-4-15(5-7-16)17-18(23-10-8-22(2)9-11-23)20(27)24(19(17)26)12-13-28-3/h4-7H,8-13H2,1-3H3,(H,21,25). The second-order valence-electron chi connectivity index (χ2n) is 7.03. The fraction of sp³-hybridized carbons (Fsp3) is 0.450. The summed E-state index contributed by atoms with van der Waals surface area (Å²) in [4.78, 5) is 42.9. The number of likely N-dealkylation sites (N-methyl/N-ethyl adjacent to an activating group) is 1.